The Labute approximate surface area is 261 Å². The van der Waals surface area contributed by atoms with Gasteiger partial charge in [0.1, 0.15) is 12.6 Å². The highest BCUT2D eigenvalue weighted by molar-refractivity contribution is 7.92. The summed E-state index contributed by atoms with van der Waals surface area (Å²) in [5.74, 6) is -0.793. The molecule has 1 atom stereocenters. The van der Waals surface area contributed by atoms with Crippen molar-refractivity contribution < 1.29 is 18.0 Å². The third kappa shape index (κ3) is 8.30. The number of rotatable bonds is 12. The summed E-state index contributed by atoms with van der Waals surface area (Å²) < 4.78 is 28.7. The molecule has 3 aromatic rings. The van der Waals surface area contributed by atoms with Crippen LogP contribution in [-0.2, 0) is 26.2 Å². The fraction of sp³-hybridized carbons (Fsp3) is 0.310. The largest absolute Gasteiger partial charge is 0.354 e. The summed E-state index contributed by atoms with van der Waals surface area (Å²) in [4.78, 5) is 28.7. The van der Waals surface area contributed by atoms with E-state index in [1.54, 1.807) is 49.4 Å². The van der Waals surface area contributed by atoms with Crippen LogP contribution in [0.1, 0.15) is 32.8 Å². The van der Waals surface area contributed by atoms with Crippen molar-refractivity contribution in [3.8, 4) is 0 Å². The number of halogens is 4. The molecule has 0 aliphatic heterocycles. The average molecular weight is 659 g/mol. The summed E-state index contributed by atoms with van der Waals surface area (Å²) in [6, 6.07) is 16.2. The fourth-order valence-corrected chi connectivity index (χ4v) is 6.31. The van der Waals surface area contributed by atoms with Crippen LogP contribution in [0.25, 0.3) is 0 Å². The van der Waals surface area contributed by atoms with E-state index in [0.717, 1.165) is 4.31 Å². The van der Waals surface area contributed by atoms with Crippen molar-refractivity contribution >= 4 is 73.9 Å². The Morgan fingerprint density at radius 3 is 2.17 bits per heavy atom. The molecule has 0 spiro atoms. The molecule has 0 aliphatic carbocycles. The van der Waals surface area contributed by atoms with Gasteiger partial charge in [-0.1, -0.05) is 97.5 Å². The van der Waals surface area contributed by atoms with Crippen LogP contribution in [-0.4, -0.2) is 44.3 Å². The number of anilines is 1. The van der Waals surface area contributed by atoms with Gasteiger partial charge in [-0.15, -0.1) is 0 Å². The number of carbonyl (C=O) groups is 2. The fourth-order valence-electron chi connectivity index (χ4n) is 4.09. The Hall–Kier alpha value is -2.49. The predicted octanol–water partition coefficient (Wildman–Crippen LogP) is 7.08. The molecule has 7 nitrogen and oxygen atoms in total. The van der Waals surface area contributed by atoms with E-state index in [4.69, 9.17) is 46.4 Å². The molecule has 3 rings (SSSR count). The molecule has 12 heteroatoms. The van der Waals surface area contributed by atoms with E-state index in [1.165, 1.54) is 29.2 Å². The van der Waals surface area contributed by atoms with Gasteiger partial charge in [-0.05, 0) is 54.3 Å². The molecular formula is C29H31Cl4N3O4S. The van der Waals surface area contributed by atoms with Crippen LogP contribution >= 0.6 is 46.4 Å². The number of carbonyl (C=O) groups excluding carboxylic acids is 2. The van der Waals surface area contributed by atoms with Crippen molar-refractivity contribution in [3.05, 3.63) is 92.4 Å². The van der Waals surface area contributed by atoms with E-state index >= 15 is 0 Å². The zero-order valence-electron chi connectivity index (χ0n) is 22.8. The summed E-state index contributed by atoms with van der Waals surface area (Å²) in [5, 5.41) is 3.60. The van der Waals surface area contributed by atoms with Crippen molar-refractivity contribution in [1.29, 1.82) is 0 Å². The number of sulfonamides is 1. The summed E-state index contributed by atoms with van der Waals surface area (Å²) in [6.07, 6.45) is 0.278. The molecule has 0 bridgehead atoms. The average Bonchev–Trinajstić information content (AvgIpc) is 2.94. The Balaban J connectivity index is 2.09. The molecule has 0 aliphatic rings. The molecule has 0 radical (unpaired) electrons. The van der Waals surface area contributed by atoms with E-state index < -0.39 is 28.5 Å². The van der Waals surface area contributed by atoms with Gasteiger partial charge in [0.25, 0.3) is 10.0 Å². The minimum absolute atomic E-state index is 0.0220. The number of benzene rings is 3. The van der Waals surface area contributed by atoms with Crippen LogP contribution in [0.15, 0.2) is 71.6 Å². The zero-order valence-corrected chi connectivity index (χ0v) is 26.6. The summed E-state index contributed by atoms with van der Waals surface area (Å²) in [6.45, 7) is 5.44. The monoisotopic (exact) mass is 657 g/mol. The van der Waals surface area contributed by atoms with Crippen LogP contribution in [0.5, 0.6) is 0 Å². The number of nitrogens with zero attached hydrogens (tertiary/aromatic N) is 2. The molecule has 0 heterocycles. The molecule has 0 aromatic heterocycles. The van der Waals surface area contributed by atoms with Gasteiger partial charge in [0.15, 0.2) is 0 Å². The van der Waals surface area contributed by atoms with Gasteiger partial charge in [0.2, 0.25) is 11.8 Å². The first-order valence-corrected chi connectivity index (χ1v) is 15.8. The normalized spacial score (nSPS) is 12.2. The molecule has 0 saturated carbocycles. The second-order valence-corrected chi connectivity index (χ2v) is 13.2. The predicted molar refractivity (Wildman–Crippen MR) is 166 cm³/mol. The lowest BCUT2D eigenvalue weighted by atomic mass is 10.1. The van der Waals surface area contributed by atoms with Crippen molar-refractivity contribution in [3.63, 3.8) is 0 Å². The van der Waals surface area contributed by atoms with Crippen LogP contribution in [0.3, 0.4) is 0 Å². The van der Waals surface area contributed by atoms with E-state index in [0.29, 0.717) is 17.1 Å². The topological polar surface area (TPSA) is 86.8 Å². The van der Waals surface area contributed by atoms with Gasteiger partial charge in [0, 0.05) is 13.1 Å². The van der Waals surface area contributed by atoms with Crippen molar-refractivity contribution in [2.75, 3.05) is 17.4 Å². The maximum atomic E-state index is 14.1. The Bertz CT molecular complexity index is 1490. The maximum absolute atomic E-state index is 14.1. The third-order valence-electron chi connectivity index (χ3n) is 6.22. The molecule has 220 valence electrons. The van der Waals surface area contributed by atoms with E-state index in [1.807, 2.05) is 13.8 Å². The van der Waals surface area contributed by atoms with Gasteiger partial charge < -0.3 is 10.2 Å². The van der Waals surface area contributed by atoms with Crippen molar-refractivity contribution in [2.24, 2.45) is 5.92 Å². The zero-order chi connectivity index (χ0) is 30.3. The van der Waals surface area contributed by atoms with Crippen molar-refractivity contribution in [1.82, 2.24) is 10.2 Å². The van der Waals surface area contributed by atoms with Crippen LogP contribution in [0, 0.1) is 5.92 Å². The smallest absolute Gasteiger partial charge is 0.264 e. The number of amides is 2. The van der Waals surface area contributed by atoms with Gasteiger partial charge in [-0.3, -0.25) is 13.9 Å². The Morgan fingerprint density at radius 1 is 0.878 bits per heavy atom. The highest BCUT2D eigenvalue weighted by Crippen LogP contribution is 2.35. The first-order chi connectivity index (χ1) is 19.4. The third-order valence-corrected chi connectivity index (χ3v) is 9.54. The highest BCUT2D eigenvalue weighted by Gasteiger charge is 2.34. The second-order valence-electron chi connectivity index (χ2n) is 9.73. The lowest BCUT2D eigenvalue weighted by Gasteiger charge is -2.33. The summed E-state index contributed by atoms with van der Waals surface area (Å²) >= 11 is 25.0. The van der Waals surface area contributed by atoms with Gasteiger partial charge in [0.05, 0.1) is 30.7 Å². The SMILES string of the molecule is CC[C@@H](C(=O)NCC(C)C)N(Cc1ccc(Cl)c(Cl)c1)C(=O)CN(c1cccc(Cl)c1Cl)S(=O)(=O)c1ccccc1. The standard InChI is InChI=1S/C29H31Cl4N3O4S/c1-4-25(29(38)34-16-19(2)3)35(17-20-13-14-22(30)24(32)15-20)27(37)18-36(26-12-8-11-23(31)28(26)33)41(39,40)21-9-6-5-7-10-21/h5-15,19,25H,4,16-18H2,1-3H3,(H,34,38)/t25-/m0/s1. The van der Waals surface area contributed by atoms with Crippen LogP contribution in [0.2, 0.25) is 20.1 Å². The molecule has 41 heavy (non-hydrogen) atoms. The highest BCUT2D eigenvalue weighted by atomic mass is 35.5. The van der Waals surface area contributed by atoms with Gasteiger partial charge in [-0.2, -0.15) is 0 Å². The number of hydrogen-bond acceptors (Lipinski definition) is 4. The first kappa shape index (κ1) is 33.0. The van der Waals surface area contributed by atoms with Crippen molar-refractivity contribution in [2.45, 2.75) is 44.7 Å². The quantitative estimate of drug-likeness (QED) is 0.225. The molecule has 3 aromatic carbocycles. The van der Waals surface area contributed by atoms with Crippen LogP contribution in [0.4, 0.5) is 5.69 Å². The first-order valence-electron chi connectivity index (χ1n) is 12.9. The molecule has 1 N–H and O–H groups in total. The van der Waals surface area contributed by atoms with Gasteiger partial charge >= 0.3 is 0 Å². The Kier molecular flexibility index (Phi) is 11.8. The molecule has 0 fully saturated rings. The summed E-state index contributed by atoms with van der Waals surface area (Å²) in [7, 11) is -4.28. The second kappa shape index (κ2) is 14.6. The van der Waals surface area contributed by atoms with Crippen LogP contribution < -0.4 is 9.62 Å². The Morgan fingerprint density at radius 2 is 1.56 bits per heavy atom. The van der Waals surface area contributed by atoms with E-state index in [9.17, 15) is 18.0 Å². The lowest BCUT2D eigenvalue weighted by Crippen LogP contribution is -2.52. The maximum Gasteiger partial charge on any atom is 0.264 e. The lowest BCUT2D eigenvalue weighted by molar-refractivity contribution is -0.140. The number of hydrogen-bond donors (Lipinski definition) is 1. The molecule has 0 saturated heterocycles. The number of nitrogens with one attached hydrogen (secondary N) is 1. The molecular weight excluding hydrogens is 628 g/mol. The van der Waals surface area contributed by atoms with E-state index in [2.05, 4.69) is 5.32 Å². The summed E-state index contributed by atoms with van der Waals surface area (Å²) in [5.41, 5.74) is 0.643. The minimum atomic E-state index is -4.28. The van der Waals surface area contributed by atoms with E-state index in [-0.39, 0.29) is 50.4 Å². The van der Waals surface area contributed by atoms with Gasteiger partial charge in [-0.25, -0.2) is 8.42 Å². The minimum Gasteiger partial charge on any atom is -0.354 e. The molecule has 2 amide bonds. The molecule has 0 unspecified atom stereocenters.